The minimum atomic E-state index is -0.239. The standard InChI is InChI=1S/C17H13N5OS/c18-11-2-4-12(5-3-11)20-17-21-14(16(23)22-17)7-10-1-6-13-15(8-10)24-9-19-13/h1-9H,18H2,(H2,20,21,22,23). The fraction of sp³-hybridized carbons (Fsp3) is 0. The number of thiazole rings is 1. The molecule has 0 bridgehead atoms. The molecule has 4 rings (SSSR count). The third-order valence-corrected chi connectivity index (χ3v) is 4.32. The third kappa shape index (κ3) is 2.84. The van der Waals surface area contributed by atoms with Gasteiger partial charge in [0.15, 0.2) is 0 Å². The van der Waals surface area contributed by atoms with E-state index in [0.717, 1.165) is 21.5 Å². The highest BCUT2D eigenvalue weighted by atomic mass is 32.1. The van der Waals surface area contributed by atoms with Crippen LogP contribution in [0.4, 0.5) is 11.4 Å². The van der Waals surface area contributed by atoms with E-state index in [2.05, 4.69) is 20.6 Å². The molecule has 0 radical (unpaired) electrons. The molecule has 24 heavy (non-hydrogen) atoms. The van der Waals surface area contributed by atoms with Gasteiger partial charge < -0.3 is 11.1 Å². The average Bonchev–Trinajstić information content (AvgIpc) is 3.16. The SMILES string of the molecule is Nc1ccc(NC2=NC(=Cc3ccc4ncsc4c3)C(=O)N2)cc1. The van der Waals surface area contributed by atoms with Gasteiger partial charge >= 0.3 is 0 Å². The maximum absolute atomic E-state index is 12.1. The second kappa shape index (κ2) is 5.78. The molecule has 0 spiro atoms. The summed E-state index contributed by atoms with van der Waals surface area (Å²) in [6.07, 6.45) is 1.76. The Morgan fingerprint density at radius 3 is 2.83 bits per heavy atom. The van der Waals surface area contributed by atoms with Crippen molar-refractivity contribution in [3.63, 3.8) is 0 Å². The van der Waals surface area contributed by atoms with Gasteiger partial charge in [-0.05, 0) is 48.0 Å². The van der Waals surface area contributed by atoms with Crippen molar-refractivity contribution >= 4 is 50.9 Å². The molecule has 0 atom stereocenters. The number of hydrogen-bond acceptors (Lipinski definition) is 6. The molecule has 1 aromatic heterocycles. The molecule has 118 valence electrons. The monoisotopic (exact) mass is 335 g/mol. The number of carbonyl (C=O) groups excluding carboxylic acids is 1. The molecule has 6 nitrogen and oxygen atoms in total. The second-order valence-electron chi connectivity index (χ2n) is 5.27. The van der Waals surface area contributed by atoms with Gasteiger partial charge in [-0.15, -0.1) is 11.3 Å². The number of fused-ring (bicyclic) bond motifs is 1. The molecule has 0 saturated heterocycles. The topological polar surface area (TPSA) is 92.4 Å². The van der Waals surface area contributed by atoms with Gasteiger partial charge in [0.2, 0.25) is 5.96 Å². The summed E-state index contributed by atoms with van der Waals surface area (Å²) in [5, 5.41) is 5.76. The van der Waals surface area contributed by atoms with Crippen LogP contribution >= 0.6 is 11.3 Å². The first-order valence-electron chi connectivity index (χ1n) is 7.25. The van der Waals surface area contributed by atoms with Gasteiger partial charge in [0.25, 0.3) is 5.91 Å². The predicted molar refractivity (Wildman–Crippen MR) is 97.7 cm³/mol. The lowest BCUT2D eigenvalue weighted by Crippen LogP contribution is -2.29. The molecule has 0 saturated carbocycles. The molecule has 1 aliphatic rings. The lowest BCUT2D eigenvalue weighted by Gasteiger charge is -2.04. The largest absolute Gasteiger partial charge is 0.399 e. The lowest BCUT2D eigenvalue weighted by molar-refractivity contribution is -0.115. The number of aromatic nitrogens is 1. The van der Waals surface area contributed by atoms with E-state index in [4.69, 9.17) is 5.73 Å². The van der Waals surface area contributed by atoms with Crippen molar-refractivity contribution in [1.29, 1.82) is 0 Å². The van der Waals surface area contributed by atoms with Gasteiger partial charge in [-0.2, -0.15) is 0 Å². The summed E-state index contributed by atoms with van der Waals surface area (Å²) in [5.41, 5.74) is 11.2. The minimum Gasteiger partial charge on any atom is -0.399 e. The molecule has 4 N–H and O–H groups in total. The van der Waals surface area contributed by atoms with E-state index in [0.29, 0.717) is 17.3 Å². The number of nitrogen functional groups attached to an aromatic ring is 1. The van der Waals surface area contributed by atoms with Gasteiger partial charge in [0.1, 0.15) is 5.70 Å². The van der Waals surface area contributed by atoms with E-state index in [1.807, 2.05) is 30.3 Å². The molecule has 7 heteroatoms. The van der Waals surface area contributed by atoms with Gasteiger partial charge in [0, 0.05) is 11.4 Å². The van der Waals surface area contributed by atoms with Crippen molar-refractivity contribution in [2.24, 2.45) is 4.99 Å². The van der Waals surface area contributed by atoms with Crippen molar-refractivity contribution in [2.75, 3.05) is 11.1 Å². The van der Waals surface area contributed by atoms with E-state index >= 15 is 0 Å². The van der Waals surface area contributed by atoms with Crippen molar-refractivity contribution in [2.45, 2.75) is 0 Å². The zero-order valence-corrected chi connectivity index (χ0v) is 13.3. The Hall–Kier alpha value is -3.19. The highest BCUT2D eigenvalue weighted by molar-refractivity contribution is 7.16. The molecule has 0 unspecified atom stereocenters. The first kappa shape index (κ1) is 14.4. The Morgan fingerprint density at radius 2 is 2.00 bits per heavy atom. The molecule has 2 heterocycles. The van der Waals surface area contributed by atoms with Crippen LogP contribution in [-0.2, 0) is 4.79 Å². The normalized spacial score (nSPS) is 15.6. The Morgan fingerprint density at radius 1 is 1.17 bits per heavy atom. The predicted octanol–water partition coefficient (Wildman–Crippen LogP) is 2.82. The summed E-state index contributed by atoms with van der Waals surface area (Å²) in [6, 6.07) is 13.0. The van der Waals surface area contributed by atoms with Gasteiger partial charge in [0.05, 0.1) is 15.7 Å². The van der Waals surface area contributed by atoms with Crippen LogP contribution in [0.25, 0.3) is 16.3 Å². The Bertz CT molecular complexity index is 988. The zero-order valence-electron chi connectivity index (χ0n) is 12.5. The van der Waals surface area contributed by atoms with Crippen LogP contribution in [0.3, 0.4) is 0 Å². The van der Waals surface area contributed by atoms with Crippen LogP contribution in [0, 0.1) is 0 Å². The third-order valence-electron chi connectivity index (χ3n) is 3.53. The Labute approximate surface area is 141 Å². The number of rotatable bonds is 2. The summed E-state index contributed by atoms with van der Waals surface area (Å²) in [5.74, 6) is 0.159. The molecule has 1 aliphatic heterocycles. The van der Waals surface area contributed by atoms with Crippen LogP contribution in [0.5, 0.6) is 0 Å². The molecular weight excluding hydrogens is 322 g/mol. The number of aliphatic imine (C=N–C) groups is 1. The highest BCUT2D eigenvalue weighted by Crippen LogP contribution is 2.21. The molecule has 1 amide bonds. The quantitative estimate of drug-likeness (QED) is 0.496. The Kier molecular flexibility index (Phi) is 3.47. The van der Waals surface area contributed by atoms with Gasteiger partial charge in [-0.3, -0.25) is 10.1 Å². The number of guanidine groups is 1. The highest BCUT2D eigenvalue weighted by Gasteiger charge is 2.20. The minimum absolute atomic E-state index is 0.239. The fourth-order valence-corrected chi connectivity index (χ4v) is 3.08. The maximum Gasteiger partial charge on any atom is 0.276 e. The number of amides is 1. The summed E-state index contributed by atoms with van der Waals surface area (Å²) >= 11 is 1.56. The molecule has 0 fully saturated rings. The number of nitrogens with one attached hydrogen (secondary N) is 2. The summed E-state index contributed by atoms with van der Waals surface area (Å²) in [6.45, 7) is 0. The van der Waals surface area contributed by atoms with E-state index in [9.17, 15) is 4.79 Å². The smallest absolute Gasteiger partial charge is 0.276 e. The van der Waals surface area contributed by atoms with E-state index in [-0.39, 0.29) is 5.91 Å². The fourth-order valence-electron chi connectivity index (χ4n) is 2.35. The van der Waals surface area contributed by atoms with Crippen LogP contribution in [0.15, 0.2) is 58.7 Å². The summed E-state index contributed by atoms with van der Waals surface area (Å²) < 4.78 is 1.08. The molecule has 2 aromatic carbocycles. The number of carbonyl (C=O) groups is 1. The van der Waals surface area contributed by atoms with E-state index in [1.165, 1.54) is 0 Å². The number of nitrogens with zero attached hydrogens (tertiary/aromatic N) is 2. The van der Waals surface area contributed by atoms with Crippen LogP contribution in [0.2, 0.25) is 0 Å². The number of nitrogens with two attached hydrogens (primary N) is 1. The first-order valence-corrected chi connectivity index (χ1v) is 8.13. The van der Waals surface area contributed by atoms with Crippen LogP contribution < -0.4 is 16.4 Å². The first-order chi connectivity index (χ1) is 11.7. The van der Waals surface area contributed by atoms with Crippen molar-refractivity contribution < 1.29 is 4.79 Å². The van der Waals surface area contributed by atoms with Gasteiger partial charge in [-0.1, -0.05) is 6.07 Å². The van der Waals surface area contributed by atoms with Crippen molar-refractivity contribution in [3.8, 4) is 0 Å². The second-order valence-corrected chi connectivity index (χ2v) is 6.16. The van der Waals surface area contributed by atoms with E-state index < -0.39 is 0 Å². The van der Waals surface area contributed by atoms with Crippen molar-refractivity contribution in [1.82, 2.24) is 10.3 Å². The molecular formula is C17H13N5OS. The number of anilines is 2. The number of benzene rings is 2. The van der Waals surface area contributed by atoms with Gasteiger partial charge in [-0.25, -0.2) is 9.98 Å². The summed E-state index contributed by atoms with van der Waals surface area (Å²) in [4.78, 5) is 20.6. The molecule has 0 aliphatic carbocycles. The summed E-state index contributed by atoms with van der Waals surface area (Å²) in [7, 11) is 0. The molecule has 3 aromatic rings. The lowest BCUT2D eigenvalue weighted by atomic mass is 10.2. The van der Waals surface area contributed by atoms with E-state index in [1.54, 1.807) is 35.1 Å². The van der Waals surface area contributed by atoms with Crippen LogP contribution in [0.1, 0.15) is 5.56 Å². The average molecular weight is 335 g/mol. The Balaban J connectivity index is 1.59. The van der Waals surface area contributed by atoms with Crippen molar-refractivity contribution in [3.05, 3.63) is 59.2 Å². The number of hydrogen-bond donors (Lipinski definition) is 3. The van der Waals surface area contributed by atoms with Crippen LogP contribution in [-0.4, -0.2) is 16.9 Å². The maximum atomic E-state index is 12.1. The zero-order chi connectivity index (χ0) is 16.5.